The monoisotopic (exact) mass is 232 g/mol. The molecule has 0 unspecified atom stereocenters. The Morgan fingerprint density at radius 1 is 1.44 bits per heavy atom. The Bertz CT molecular complexity index is 549. The molecule has 0 aliphatic heterocycles. The highest BCUT2D eigenvalue weighted by atomic mass is 32.1. The fraction of sp³-hybridized carbons (Fsp3) is 0.167. The summed E-state index contributed by atoms with van der Waals surface area (Å²) in [7, 11) is 0. The quantitative estimate of drug-likeness (QED) is 0.809. The highest BCUT2D eigenvalue weighted by Gasteiger charge is 2.03. The van der Waals surface area contributed by atoms with Crippen molar-refractivity contribution in [2.24, 2.45) is 0 Å². The van der Waals surface area contributed by atoms with Gasteiger partial charge in [-0.25, -0.2) is 0 Å². The molecule has 0 amide bonds. The van der Waals surface area contributed by atoms with Gasteiger partial charge in [-0.05, 0) is 24.6 Å². The molecule has 0 spiro atoms. The van der Waals surface area contributed by atoms with E-state index in [1.807, 2.05) is 36.0 Å². The molecule has 16 heavy (non-hydrogen) atoms. The van der Waals surface area contributed by atoms with Crippen LogP contribution >= 0.6 is 12.2 Å². The molecule has 0 saturated heterocycles. The van der Waals surface area contributed by atoms with Crippen molar-refractivity contribution in [3.05, 3.63) is 52.6 Å². The van der Waals surface area contributed by atoms with Gasteiger partial charge in [0, 0.05) is 25.1 Å². The van der Waals surface area contributed by atoms with Crippen molar-refractivity contribution in [1.82, 2.24) is 9.55 Å². The lowest BCUT2D eigenvalue weighted by atomic mass is 10.2. The molecule has 0 bridgehead atoms. The molecular formula is C12H12N2OS. The minimum Gasteiger partial charge on any atom is -0.505 e. The fourth-order valence-corrected chi connectivity index (χ4v) is 1.73. The van der Waals surface area contributed by atoms with E-state index in [9.17, 15) is 5.11 Å². The number of nitrogens with zero attached hydrogens (tertiary/aromatic N) is 2. The molecule has 2 rings (SSSR count). The van der Waals surface area contributed by atoms with E-state index >= 15 is 0 Å². The van der Waals surface area contributed by atoms with E-state index < -0.39 is 0 Å². The summed E-state index contributed by atoms with van der Waals surface area (Å²) in [5, 5.41) is 9.72. The fourth-order valence-electron chi connectivity index (χ4n) is 1.52. The third-order valence-electron chi connectivity index (χ3n) is 2.49. The minimum atomic E-state index is 0.182. The van der Waals surface area contributed by atoms with Crippen LogP contribution in [0.1, 0.15) is 11.3 Å². The third-order valence-corrected chi connectivity index (χ3v) is 2.82. The lowest BCUT2D eigenvalue weighted by molar-refractivity contribution is 0.458. The van der Waals surface area contributed by atoms with Crippen molar-refractivity contribution in [3.63, 3.8) is 0 Å². The van der Waals surface area contributed by atoms with E-state index in [2.05, 4.69) is 4.98 Å². The maximum atomic E-state index is 9.72. The smallest absolute Gasteiger partial charge is 0.152 e. The average molecular weight is 232 g/mol. The number of rotatable bonds is 2. The molecule has 0 aliphatic carbocycles. The van der Waals surface area contributed by atoms with Crippen LogP contribution < -0.4 is 0 Å². The Morgan fingerprint density at radius 3 is 2.94 bits per heavy atom. The highest BCUT2D eigenvalue weighted by Crippen LogP contribution is 2.18. The first kappa shape index (κ1) is 10.8. The zero-order chi connectivity index (χ0) is 11.5. The first-order valence-electron chi connectivity index (χ1n) is 4.96. The van der Waals surface area contributed by atoms with Gasteiger partial charge in [0.25, 0.3) is 0 Å². The molecule has 2 heterocycles. The van der Waals surface area contributed by atoms with Crippen LogP contribution in [0.3, 0.4) is 0 Å². The van der Waals surface area contributed by atoms with E-state index in [1.165, 1.54) is 0 Å². The summed E-state index contributed by atoms with van der Waals surface area (Å²) in [6, 6.07) is 5.62. The Kier molecular flexibility index (Phi) is 3.01. The Morgan fingerprint density at radius 2 is 2.25 bits per heavy atom. The van der Waals surface area contributed by atoms with Crippen LogP contribution in [0.2, 0.25) is 0 Å². The van der Waals surface area contributed by atoms with Crippen molar-refractivity contribution in [2.75, 3.05) is 0 Å². The molecule has 2 aromatic rings. The lowest BCUT2D eigenvalue weighted by Gasteiger charge is -2.11. The summed E-state index contributed by atoms with van der Waals surface area (Å²) in [5.41, 5.74) is 1.86. The normalized spacial score (nSPS) is 10.3. The standard InChI is InChI=1S/C12H12N2OS/c1-9-12(15)11(16)4-6-14(9)8-10-3-2-5-13-7-10/h2-7,15H,8H2,1H3. The number of hydrogen-bond acceptors (Lipinski definition) is 3. The first-order valence-corrected chi connectivity index (χ1v) is 5.37. The Labute approximate surface area is 99.0 Å². The zero-order valence-electron chi connectivity index (χ0n) is 8.92. The molecule has 2 aromatic heterocycles. The van der Waals surface area contributed by atoms with Crippen LogP contribution in [0.15, 0.2) is 36.8 Å². The highest BCUT2D eigenvalue weighted by molar-refractivity contribution is 7.71. The van der Waals surface area contributed by atoms with Crippen LogP contribution in [0.4, 0.5) is 0 Å². The molecule has 0 atom stereocenters. The largest absolute Gasteiger partial charge is 0.505 e. The molecule has 4 heteroatoms. The molecule has 82 valence electrons. The molecule has 0 radical (unpaired) electrons. The van der Waals surface area contributed by atoms with Crippen molar-refractivity contribution in [3.8, 4) is 5.75 Å². The molecule has 0 aromatic carbocycles. The molecular weight excluding hydrogens is 220 g/mol. The molecule has 0 aliphatic rings. The Hall–Kier alpha value is -1.68. The number of pyridine rings is 2. The topological polar surface area (TPSA) is 38.0 Å². The lowest BCUT2D eigenvalue weighted by Crippen LogP contribution is -2.04. The van der Waals surface area contributed by atoms with E-state index in [0.29, 0.717) is 11.1 Å². The average Bonchev–Trinajstić information content (AvgIpc) is 2.31. The van der Waals surface area contributed by atoms with E-state index in [-0.39, 0.29) is 5.75 Å². The van der Waals surface area contributed by atoms with Crippen LogP contribution in [0.25, 0.3) is 0 Å². The van der Waals surface area contributed by atoms with Gasteiger partial charge in [0.1, 0.15) is 0 Å². The van der Waals surface area contributed by atoms with Gasteiger partial charge in [-0.15, -0.1) is 0 Å². The van der Waals surface area contributed by atoms with Gasteiger partial charge in [0.15, 0.2) is 5.75 Å². The van der Waals surface area contributed by atoms with Gasteiger partial charge in [-0.3, -0.25) is 4.98 Å². The van der Waals surface area contributed by atoms with Crippen LogP contribution in [-0.4, -0.2) is 14.7 Å². The molecule has 0 fully saturated rings. The number of aromatic hydroxyl groups is 1. The van der Waals surface area contributed by atoms with Gasteiger partial charge in [0.05, 0.1) is 10.2 Å². The maximum absolute atomic E-state index is 9.72. The van der Waals surface area contributed by atoms with E-state index in [4.69, 9.17) is 12.2 Å². The minimum absolute atomic E-state index is 0.182. The predicted octanol–water partition coefficient (Wildman–Crippen LogP) is 2.67. The van der Waals surface area contributed by atoms with Crippen LogP contribution in [-0.2, 0) is 6.54 Å². The van der Waals surface area contributed by atoms with Crippen molar-refractivity contribution in [2.45, 2.75) is 13.5 Å². The van der Waals surface area contributed by atoms with Crippen LogP contribution in [0.5, 0.6) is 5.75 Å². The maximum Gasteiger partial charge on any atom is 0.152 e. The molecule has 3 nitrogen and oxygen atoms in total. The van der Waals surface area contributed by atoms with E-state index in [0.717, 1.165) is 11.3 Å². The predicted molar refractivity (Wildman–Crippen MR) is 65.0 cm³/mol. The summed E-state index contributed by atoms with van der Waals surface area (Å²) >= 11 is 4.99. The summed E-state index contributed by atoms with van der Waals surface area (Å²) in [6.07, 6.45) is 5.43. The number of aromatic nitrogens is 2. The Balaban J connectivity index is 2.36. The second-order valence-electron chi connectivity index (χ2n) is 3.60. The van der Waals surface area contributed by atoms with Crippen molar-refractivity contribution >= 4 is 12.2 Å². The van der Waals surface area contributed by atoms with Gasteiger partial charge >= 0.3 is 0 Å². The third kappa shape index (κ3) is 2.12. The molecule has 0 saturated carbocycles. The SMILES string of the molecule is Cc1c(O)c(=S)ccn1Cc1cccnc1. The van der Waals surface area contributed by atoms with Gasteiger partial charge in [-0.1, -0.05) is 18.3 Å². The summed E-state index contributed by atoms with van der Waals surface area (Å²) in [4.78, 5) is 4.05. The zero-order valence-corrected chi connectivity index (χ0v) is 9.74. The summed E-state index contributed by atoms with van der Waals surface area (Å²) in [6.45, 7) is 2.53. The first-order chi connectivity index (χ1) is 7.68. The second-order valence-corrected chi connectivity index (χ2v) is 4.04. The second kappa shape index (κ2) is 4.45. The van der Waals surface area contributed by atoms with Crippen molar-refractivity contribution < 1.29 is 5.11 Å². The summed E-state index contributed by atoms with van der Waals surface area (Å²) < 4.78 is 2.43. The van der Waals surface area contributed by atoms with Crippen molar-refractivity contribution in [1.29, 1.82) is 0 Å². The van der Waals surface area contributed by atoms with Gasteiger partial charge < -0.3 is 9.67 Å². The van der Waals surface area contributed by atoms with E-state index in [1.54, 1.807) is 12.3 Å². The van der Waals surface area contributed by atoms with Gasteiger partial charge in [-0.2, -0.15) is 0 Å². The molecule has 1 N–H and O–H groups in total. The summed E-state index contributed by atoms with van der Waals surface area (Å²) in [5.74, 6) is 0.182. The number of hydrogen-bond donors (Lipinski definition) is 1. The van der Waals surface area contributed by atoms with Gasteiger partial charge in [0.2, 0.25) is 0 Å². The van der Waals surface area contributed by atoms with Crippen LogP contribution in [0, 0.1) is 11.4 Å².